The summed E-state index contributed by atoms with van der Waals surface area (Å²) in [5.41, 5.74) is 0. The molecule has 1 N–H and O–H groups in total. The van der Waals surface area contributed by atoms with Crippen molar-refractivity contribution in [3.05, 3.63) is 0 Å². The fourth-order valence-electron chi connectivity index (χ4n) is 0.421. The van der Waals surface area contributed by atoms with Crippen LogP contribution in [0.25, 0.3) is 0 Å². The third-order valence-corrected chi connectivity index (χ3v) is 1.58. The Balaban J connectivity index is 3.17. The Kier molecular flexibility index (Phi) is 5.60. The lowest BCUT2D eigenvalue weighted by Gasteiger charge is -2.00. The van der Waals surface area contributed by atoms with Crippen LogP contribution in [0.15, 0.2) is 0 Å². The highest BCUT2D eigenvalue weighted by atomic mass is 32.2. The predicted octanol–water partition coefficient (Wildman–Crippen LogP) is -0.936. The lowest BCUT2D eigenvalue weighted by molar-refractivity contribution is -0.130. The van der Waals surface area contributed by atoms with E-state index in [-0.39, 0.29) is 26.3 Å². The van der Waals surface area contributed by atoms with Crippen LogP contribution in [0.5, 0.6) is 0 Å². The van der Waals surface area contributed by atoms with Crippen LogP contribution < -0.4 is 0 Å². The summed E-state index contributed by atoms with van der Waals surface area (Å²) in [7, 11) is -3.95. The van der Waals surface area contributed by atoms with Crippen LogP contribution in [-0.2, 0) is 24.4 Å². The minimum Gasteiger partial charge on any atom is -0.465 e. The second-order valence-electron chi connectivity index (χ2n) is 1.87. The van der Waals surface area contributed by atoms with E-state index in [0.717, 1.165) is 0 Å². The highest BCUT2D eigenvalue weighted by molar-refractivity contribution is 7.85. The summed E-state index contributed by atoms with van der Waals surface area (Å²) < 4.78 is 37.4. The minimum atomic E-state index is -3.95. The van der Waals surface area contributed by atoms with Gasteiger partial charge in [-0.2, -0.15) is 8.42 Å². The van der Waals surface area contributed by atoms with Crippen LogP contribution in [-0.4, -0.2) is 45.0 Å². The van der Waals surface area contributed by atoms with Crippen molar-refractivity contribution in [2.24, 2.45) is 0 Å². The third-order valence-electron chi connectivity index (χ3n) is 0.899. The van der Waals surface area contributed by atoms with Gasteiger partial charge in [0.15, 0.2) is 0 Å². The van der Waals surface area contributed by atoms with Crippen molar-refractivity contribution in [3.8, 4) is 0 Å². The molecule has 7 heteroatoms. The molecule has 0 unspecified atom stereocenters. The van der Waals surface area contributed by atoms with Gasteiger partial charge in [0.25, 0.3) is 16.6 Å². The summed E-state index contributed by atoms with van der Waals surface area (Å²) in [5, 5.41) is 0. The first-order valence-corrected chi connectivity index (χ1v) is 4.75. The van der Waals surface area contributed by atoms with E-state index >= 15 is 0 Å². The van der Waals surface area contributed by atoms with E-state index in [1.165, 1.54) is 0 Å². The Bertz CT molecular complexity index is 208. The summed E-state index contributed by atoms with van der Waals surface area (Å²) in [6.45, 7) is 0.358. The zero-order valence-electron chi connectivity index (χ0n) is 6.30. The normalized spacial score (nSPS) is 11.1. The Hall–Kier alpha value is -0.660. The molecule has 0 fully saturated rings. The maximum Gasteiger partial charge on any atom is 0.293 e. The van der Waals surface area contributed by atoms with Gasteiger partial charge in [0.2, 0.25) is 0 Å². The summed E-state index contributed by atoms with van der Waals surface area (Å²) >= 11 is 0. The van der Waals surface area contributed by atoms with Crippen LogP contribution in [0.1, 0.15) is 0 Å². The maximum atomic E-state index is 10.1. The molecule has 0 saturated heterocycles. The van der Waals surface area contributed by atoms with Gasteiger partial charge >= 0.3 is 0 Å². The zero-order chi connectivity index (χ0) is 9.45. The number of ether oxygens (including phenoxy) is 2. The van der Waals surface area contributed by atoms with E-state index in [1.54, 1.807) is 0 Å². The molecule has 0 saturated carbocycles. The first-order valence-electron chi connectivity index (χ1n) is 3.14. The second-order valence-corrected chi connectivity index (χ2v) is 3.44. The van der Waals surface area contributed by atoms with Crippen molar-refractivity contribution in [3.63, 3.8) is 0 Å². The van der Waals surface area contributed by atoms with Gasteiger partial charge in [-0.05, 0) is 0 Å². The lowest BCUT2D eigenvalue weighted by Crippen LogP contribution is -2.13. The average Bonchev–Trinajstić information content (AvgIpc) is 1.94. The van der Waals surface area contributed by atoms with E-state index in [1.807, 2.05) is 0 Å². The van der Waals surface area contributed by atoms with Gasteiger partial charge < -0.3 is 9.47 Å². The number of carbonyl (C=O) groups excluding carboxylic acids is 1. The maximum absolute atomic E-state index is 10.1. The standard InChI is InChI=1S/C5H10O6S/c6-5-11-2-1-10-3-4-12(7,8)9/h5H,1-4H2,(H,7,8,9). The van der Waals surface area contributed by atoms with Gasteiger partial charge in [-0.25, -0.2) is 0 Å². The van der Waals surface area contributed by atoms with Crippen LogP contribution in [0.4, 0.5) is 0 Å². The largest absolute Gasteiger partial charge is 0.465 e. The molecule has 6 nitrogen and oxygen atoms in total. The van der Waals surface area contributed by atoms with Crippen molar-refractivity contribution >= 4 is 16.6 Å². The van der Waals surface area contributed by atoms with Gasteiger partial charge in [-0.3, -0.25) is 9.35 Å². The molecule has 0 aliphatic carbocycles. The number of hydrogen-bond donors (Lipinski definition) is 1. The van der Waals surface area contributed by atoms with Gasteiger partial charge in [0.1, 0.15) is 6.61 Å². The van der Waals surface area contributed by atoms with Crippen LogP contribution >= 0.6 is 0 Å². The first-order chi connectivity index (χ1) is 5.56. The summed E-state index contributed by atoms with van der Waals surface area (Å²) in [5.74, 6) is -0.450. The molecule has 0 heterocycles. The highest BCUT2D eigenvalue weighted by Gasteiger charge is 2.02. The van der Waals surface area contributed by atoms with Crippen LogP contribution in [0, 0.1) is 0 Å². The topological polar surface area (TPSA) is 89.9 Å². The monoisotopic (exact) mass is 198 g/mol. The SMILES string of the molecule is O=COCCOCCS(=O)(=O)O. The molecule has 0 amide bonds. The fraction of sp³-hybridized carbons (Fsp3) is 0.800. The molecular weight excluding hydrogens is 188 g/mol. The molecule has 0 rings (SSSR count). The average molecular weight is 198 g/mol. The summed E-state index contributed by atoms with van der Waals surface area (Å²) in [6.07, 6.45) is 0. The third kappa shape index (κ3) is 9.34. The lowest BCUT2D eigenvalue weighted by atomic mass is 10.7. The van der Waals surface area contributed by atoms with Crippen molar-refractivity contribution in [1.82, 2.24) is 0 Å². The van der Waals surface area contributed by atoms with Crippen LogP contribution in [0.2, 0.25) is 0 Å². The second kappa shape index (κ2) is 5.92. The number of rotatable bonds is 7. The van der Waals surface area contributed by atoms with E-state index < -0.39 is 15.9 Å². The molecule has 0 aromatic heterocycles. The highest BCUT2D eigenvalue weighted by Crippen LogP contribution is 1.83. The summed E-state index contributed by atoms with van der Waals surface area (Å²) in [6, 6.07) is 0. The smallest absolute Gasteiger partial charge is 0.293 e. The molecule has 0 aromatic rings. The molecular formula is C5H10O6S. The number of hydrogen-bond acceptors (Lipinski definition) is 5. The van der Waals surface area contributed by atoms with Gasteiger partial charge in [0.05, 0.1) is 19.0 Å². The molecule has 12 heavy (non-hydrogen) atoms. The quantitative estimate of drug-likeness (QED) is 0.322. The van der Waals surface area contributed by atoms with E-state index in [9.17, 15) is 13.2 Å². The Labute approximate surface area is 70.2 Å². The van der Waals surface area contributed by atoms with E-state index in [0.29, 0.717) is 0 Å². The number of carbonyl (C=O) groups is 1. The zero-order valence-corrected chi connectivity index (χ0v) is 7.12. The van der Waals surface area contributed by atoms with E-state index in [2.05, 4.69) is 9.47 Å². The van der Waals surface area contributed by atoms with E-state index in [4.69, 9.17) is 4.55 Å². The van der Waals surface area contributed by atoms with Gasteiger partial charge in [0, 0.05) is 0 Å². The van der Waals surface area contributed by atoms with Crippen molar-refractivity contribution < 1.29 is 27.2 Å². The Morgan fingerprint density at radius 3 is 2.42 bits per heavy atom. The molecule has 0 aliphatic rings. The van der Waals surface area contributed by atoms with Gasteiger partial charge in [-0.1, -0.05) is 0 Å². The van der Waals surface area contributed by atoms with Crippen molar-refractivity contribution in [2.75, 3.05) is 25.6 Å². The molecule has 0 radical (unpaired) electrons. The molecule has 0 spiro atoms. The molecule has 72 valence electrons. The molecule has 0 aliphatic heterocycles. The van der Waals surface area contributed by atoms with Gasteiger partial charge in [-0.15, -0.1) is 0 Å². The predicted molar refractivity (Wildman–Crippen MR) is 39.3 cm³/mol. The summed E-state index contributed by atoms with van der Waals surface area (Å²) in [4.78, 5) is 9.58. The fourth-order valence-corrected chi connectivity index (χ4v) is 0.750. The molecule has 0 atom stereocenters. The molecule has 0 bridgehead atoms. The van der Waals surface area contributed by atoms with Crippen molar-refractivity contribution in [2.45, 2.75) is 0 Å². The van der Waals surface area contributed by atoms with Crippen LogP contribution in [0.3, 0.4) is 0 Å². The first kappa shape index (κ1) is 11.3. The minimum absolute atomic E-state index is 0.0783. The Morgan fingerprint density at radius 1 is 1.25 bits per heavy atom. The van der Waals surface area contributed by atoms with Crippen molar-refractivity contribution in [1.29, 1.82) is 0 Å². The Morgan fingerprint density at radius 2 is 1.92 bits per heavy atom. The molecule has 0 aromatic carbocycles.